The fraction of sp³-hybridized carbons (Fsp3) is 0.440. The SMILES string of the molecule is CCOc1cc(C#N)c(NC(=O)c2ccc(OC)c(S(=O)(=O)N3CCCCCC3)c2)cc1OCC. The van der Waals surface area contributed by atoms with Crippen LogP contribution in [0.15, 0.2) is 35.2 Å². The van der Waals surface area contributed by atoms with Crippen molar-refractivity contribution in [2.24, 2.45) is 0 Å². The van der Waals surface area contributed by atoms with Gasteiger partial charge in [0.15, 0.2) is 11.5 Å². The molecule has 0 radical (unpaired) electrons. The number of rotatable bonds is 9. The molecule has 10 heteroatoms. The lowest BCUT2D eigenvalue weighted by molar-refractivity contribution is 0.102. The number of hydrogen-bond donors (Lipinski definition) is 1. The number of hydrogen-bond acceptors (Lipinski definition) is 7. The van der Waals surface area contributed by atoms with Crippen molar-refractivity contribution in [1.82, 2.24) is 4.31 Å². The smallest absolute Gasteiger partial charge is 0.255 e. The Bertz CT molecular complexity index is 1200. The Hall–Kier alpha value is -3.29. The van der Waals surface area contributed by atoms with Gasteiger partial charge in [-0.25, -0.2) is 8.42 Å². The maximum absolute atomic E-state index is 13.4. The van der Waals surface area contributed by atoms with Crippen LogP contribution in [0.25, 0.3) is 0 Å². The van der Waals surface area contributed by atoms with E-state index in [-0.39, 0.29) is 27.5 Å². The maximum Gasteiger partial charge on any atom is 0.255 e. The monoisotopic (exact) mass is 501 g/mol. The minimum Gasteiger partial charge on any atom is -0.495 e. The van der Waals surface area contributed by atoms with Gasteiger partial charge in [0.05, 0.1) is 31.6 Å². The molecule has 0 aliphatic carbocycles. The largest absolute Gasteiger partial charge is 0.495 e. The quantitative estimate of drug-likeness (QED) is 0.547. The summed E-state index contributed by atoms with van der Waals surface area (Å²) in [7, 11) is -2.46. The van der Waals surface area contributed by atoms with E-state index in [1.54, 1.807) is 0 Å². The number of nitrogens with zero attached hydrogens (tertiary/aromatic N) is 2. The summed E-state index contributed by atoms with van der Waals surface area (Å²) in [5, 5.41) is 12.3. The van der Waals surface area contributed by atoms with Gasteiger partial charge in [-0.15, -0.1) is 0 Å². The summed E-state index contributed by atoms with van der Waals surface area (Å²) >= 11 is 0. The summed E-state index contributed by atoms with van der Waals surface area (Å²) in [5.41, 5.74) is 0.545. The van der Waals surface area contributed by atoms with Crippen molar-refractivity contribution < 1.29 is 27.4 Å². The molecule has 0 atom stereocenters. The highest BCUT2D eigenvalue weighted by molar-refractivity contribution is 7.89. The number of anilines is 1. The molecule has 0 aromatic heterocycles. The lowest BCUT2D eigenvalue weighted by atomic mass is 10.1. The zero-order valence-electron chi connectivity index (χ0n) is 20.3. The van der Waals surface area contributed by atoms with Crippen molar-refractivity contribution in [3.8, 4) is 23.3 Å². The summed E-state index contributed by atoms with van der Waals surface area (Å²) in [6.45, 7) is 5.25. The molecule has 0 unspecified atom stereocenters. The first-order chi connectivity index (χ1) is 16.8. The van der Waals surface area contributed by atoms with E-state index in [1.807, 2.05) is 13.8 Å². The molecular formula is C25H31N3O6S. The summed E-state index contributed by atoms with van der Waals surface area (Å²) in [6, 6.07) is 9.36. The lowest BCUT2D eigenvalue weighted by Gasteiger charge is -2.21. The molecule has 2 aromatic carbocycles. The minimum atomic E-state index is -3.86. The maximum atomic E-state index is 13.4. The Balaban J connectivity index is 1.96. The third-order valence-electron chi connectivity index (χ3n) is 5.66. The van der Waals surface area contributed by atoms with E-state index in [1.165, 1.54) is 41.7 Å². The normalized spacial score (nSPS) is 14.5. The number of carbonyl (C=O) groups is 1. The summed E-state index contributed by atoms with van der Waals surface area (Å²) in [4.78, 5) is 13.1. The average Bonchev–Trinajstić information content (AvgIpc) is 3.15. The van der Waals surface area contributed by atoms with Gasteiger partial charge in [0, 0.05) is 30.8 Å². The van der Waals surface area contributed by atoms with E-state index in [9.17, 15) is 18.5 Å². The van der Waals surface area contributed by atoms with Crippen molar-refractivity contribution in [2.75, 3.05) is 38.7 Å². The predicted molar refractivity (Wildman–Crippen MR) is 132 cm³/mol. The molecule has 1 aliphatic heterocycles. The van der Waals surface area contributed by atoms with Crippen LogP contribution >= 0.6 is 0 Å². The van der Waals surface area contributed by atoms with Crippen molar-refractivity contribution >= 4 is 21.6 Å². The first-order valence-corrected chi connectivity index (χ1v) is 13.1. The van der Waals surface area contributed by atoms with Gasteiger partial charge in [-0.05, 0) is 44.9 Å². The van der Waals surface area contributed by atoms with Crippen molar-refractivity contribution in [2.45, 2.75) is 44.4 Å². The Morgan fingerprint density at radius 3 is 2.20 bits per heavy atom. The van der Waals surface area contributed by atoms with E-state index in [2.05, 4.69) is 11.4 Å². The number of nitriles is 1. The van der Waals surface area contributed by atoms with Crippen LogP contribution in [0.2, 0.25) is 0 Å². The third-order valence-corrected chi connectivity index (χ3v) is 7.58. The number of ether oxygens (including phenoxy) is 3. The third kappa shape index (κ3) is 6.05. The van der Waals surface area contributed by atoms with Crippen molar-refractivity contribution in [3.05, 3.63) is 41.5 Å². The lowest BCUT2D eigenvalue weighted by Crippen LogP contribution is -2.32. The summed E-state index contributed by atoms with van der Waals surface area (Å²) < 4.78 is 44.7. The number of carbonyl (C=O) groups excluding carboxylic acids is 1. The number of methoxy groups -OCH3 is 1. The van der Waals surface area contributed by atoms with Gasteiger partial charge in [0.25, 0.3) is 5.91 Å². The molecule has 35 heavy (non-hydrogen) atoms. The average molecular weight is 502 g/mol. The topological polar surface area (TPSA) is 118 Å². The first-order valence-electron chi connectivity index (χ1n) is 11.7. The molecule has 1 aliphatic rings. The second kappa shape index (κ2) is 11.9. The molecule has 0 spiro atoms. The molecule has 1 saturated heterocycles. The zero-order chi connectivity index (χ0) is 25.4. The van der Waals surface area contributed by atoms with Crippen LogP contribution in [-0.4, -0.2) is 52.0 Å². The van der Waals surface area contributed by atoms with Crippen molar-refractivity contribution in [1.29, 1.82) is 5.26 Å². The fourth-order valence-corrected chi connectivity index (χ4v) is 5.63. The van der Waals surface area contributed by atoms with E-state index in [0.29, 0.717) is 37.8 Å². The van der Waals surface area contributed by atoms with Crippen molar-refractivity contribution in [3.63, 3.8) is 0 Å². The van der Waals surface area contributed by atoms with Gasteiger partial charge in [-0.2, -0.15) is 9.57 Å². The molecule has 1 amide bonds. The van der Waals surface area contributed by atoms with E-state index in [4.69, 9.17) is 14.2 Å². The molecule has 3 rings (SSSR count). The van der Waals surface area contributed by atoms with Gasteiger partial charge in [0.2, 0.25) is 10.0 Å². The Morgan fingerprint density at radius 1 is 1.00 bits per heavy atom. The zero-order valence-corrected chi connectivity index (χ0v) is 21.1. The minimum absolute atomic E-state index is 0.0586. The molecule has 2 aromatic rings. The van der Waals surface area contributed by atoms with Gasteiger partial charge in [0.1, 0.15) is 16.7 Å². The summed E-state index contributed by atoms with van der Waals surface area (Å²) in [5.74, 6) is 0.397. The number of sulfonamides is 1. The van der Waals surface area contributed by atoms with Crippen LogP contribution in [0.5, 0.6) is 17.2 Å². The predicted octanol–water partition coefficient (Wildman–Crippen LogP) is 4.18. The Labute approximate surface area is 206 Å². The van der Waals surface area contributed by atoms with Gasteiger partial charge >= 0.3 is 0 Å². The molecule has 0 bridgehead atoms. The first kappa shape index (κ1) is 26.3. The molecule has 1 fully saturated rings. The molecule has 188 valence electrons. The standard InChI is InChI=1S/C25H31N3O6S/c1-4-33-22-14-19(17-26)20(16-23(22)34-5-2)27-25(29)18-10-11-21(32-3)24(15-18)35(30,31)28-12-8-6-7-9-13-28/h10-11,14-16H,4-9,12-13H2,1-3H3,(H,27,29). The van der Waals surface area contributed by atoms with Gasteiger partial charge in [-0.1, -0.05) is 12.8 Å². The molecule has 1 N–H and O–H groups in total. The Kier molecular flexibility index (Phi) is 8.95. The Morgan fingerprint density at radius 2 is 1.63 bits per heavy atom. The summed E-state index contributed by atoms with van der Waals surface area (Å²) in [6.07, 6.45) is 3.55. The van der Waals surface area contributed by atoms with Crippen LogP contribution in [0, 0.1) is 11.3 Å². The highest BCUT2D eigenvalue weighted by atomic mass is 32.2. The highest BCUT2D eigenvalue weighted by Crippen LogP contribution is 2.34. The van der Waals surface area contributed by atoms with Crippen LogP contribution in [0.1, 0.15) is 55.5 Å². The second-order valence-corrected chi connectivity index (χ2v) is 9.87. The van der Waals surface area contributed by atoms with Crippen LogP contribution in [0.4, 0.5) is 5.69 Å². The molecular weight excluding hydrogens is 470 g/mol. The molecule has 0 saturated carbocycles. The number of amides is 1. The highest BCUT2D eigenvalue weighted by Gasteiger charge is 2.29. The number of benzene rings is 2. The molecule has 1 heterocycles. The van der Waals surface area contributed by atoms with Crippen LogP contribution in [-0.2, 0) is 10.0 Å². The molecule has 9 nitrogen and oxygen atoms in total. The fourth-order valence-electron chi connectivity index (χ4n) is 3.93. The van der Waals surface area contributed by atoms with E-state index < -0.39 is 15.9 Å². The van der Waals surface area contributed by atoms with Gasteiger partial charge < -0.3 is 19.5 Å². The van der Waals surface area contributed by atoms with Gasteiger partial charge in [-0.3, -0.25) is 4.79 Å². The van der Waals surface area contributed by atoms with E-state index in [0.717, 1.165) is 25.7 Å². The number of nitrogens with one attached hydrogen (secondary N) is 1. The second-order valence-electron chi connectivity index (χ2n) is 7.96. The van der Waals surface area contributed by atoms with Crippen LogP contribution < -0.4 is 19.5 Å². The van der Waals surface area contributed by atoms with E-state index >= 15 is 0 Å². The van der Waals surface area contributed by atoms with Crippen LogP contribution in [0.3, 0.4) is 0 Å².